The summed E-state index contributed by atoms with van der Waals surface area (Å²) >= 11 is 0. The summed E-state index contributed by atoms with van der Waals surface area (Å²) in [5.74, 6) is -0.139. The van der Waals surface area contributed by atoms with Gasteiger partial charge in [-0.15, -0.1) is 0 Å². The number of carbonyl (C=O) groups is 2. The largest absolute Gasteiger partial charge is 0.491 e. The zero-order valence-electron chi connectivity index (χ0n) is 21.0. The number of benzene rings is 2. The third-order valence-corrected chi connectivity index (χ3v) is 6.36. The molecule has 0 spiro atoms. The van der Waals surface area contributed by atoms with Gasteiger partial charge in [-0.3, -0.25) is 9.69 Å². The number of likely N-dealkylation sites (N-methyl/N-ethyl adjacent to an activating group) is 2. The molecule has 9 heteroatoms. The summed E-state index contributed by atoms with van der Waals surface area (Å²) in [5, 5.41) is 5.17. The minimum absolute atomic E-state index is 0.0692. The van der Waals surface area contributed by atoms with Crippen molar-refractivity contribution in [2.75, 3.05) is 51.0 Å². The molecule has 0 aliphatic carbocycles. The molecule has 2 aromatic carbocycles. The maximum atomic E-state index is 13.9. The van der Waals surface area contributed by atoms with Gasteiger partial charge in [0.25, 0.3) is 5.91 Å². The number of nitrogens with zero attached hydrogens (tertiary/aromatic N) is 2. The maximum absolute atomic E-state index is 13.9. The van der Waals surface area contributed by atoms with Crippen LogP contribution >= 0.6 is 0 Å². The molecule has 3 atom stereocenters. The molecule has 0 fully saturated rings. The number of anilines is 2. The lowest BCUT2D eigenvalue weighted by Crippen LogP contribution is -2.46. The van der Waals surface area contributed by atoms with E-state index >= 15 is 0 Å². The van der Waals surface area contributed by atoms with E-state index in [4.69, 9.17) is 9.47 Å². The van der Waals surface area contributed by atoms with Crippen LogP contribution in [0, 0.1) is 11.7 Å². The molecule has 190 valence electrons. The van der Waals surface area contributed by atoms with Crippen molar-refractivity contribution < 1.29 is 23.5 Å². The van der Waals surface area contributed by atoms with Crippen molar-refractivity contribution in [2.24, 2.45) is 5.92 Å². The van der Waals surface area contributed by atoms with Crippen molar-refractivity contribution in [1.29, 1.82) is 0 Å². The average Bonchev–Trinajstić information content (AvgIpc) is 2.84. The molecule has 0 saturated carbocycles. The Balaban J connectivity index is 1.86. The summed E-state index contributed by atoms with van der Waals surface area (Å²) in [6.07, 6.45) is -0.114. The van der Waals surface area contributed by atoms with E-state index in [1.165, 1.54) is 12.1 Å². The number of nitrogens with one attached hydrogen (secondary N) is 2. The number of carbonyl (C=O) groups excluding carboxylic acids is 2. The van der Waals surface area contributed by atoms with Crippen molar-refractivity contribution in [2.45, 2.75) is 32.9 Å². The zero-order valence-corrected chi connectivity index (χ0v) is 21.0. The van der Waals surface area contributed by atoms with Gasteiger partial charge in [0, 0.05) is 45.0 Å². The maximum Gasteiger partial charge on any atom is 0.323 e. The number of fused-ring (bicyclic) bond motifs is 1. The van der Waals surface area contributed by atoms with Crippen molar-refractivity contribution >= 4 is 23.3 Å². The van der Waals surface area contributed by atoms with E-state index < -0.39 is 11.8 Å². The molecular formula is C26H35FN4O4. The fourth-order valence-corrected chi connectivity index (χ4v) is 4.21. The lowest BCUT2D eigenvalue weighted by Gasteiger charge is -2.35. The van der Waals surface area contributed by atoms with Crippen LogP contribution < -0.4 is 15.4 Å². The van der Waals surface area contributed by atoms with Crippen LogP contribution in [0.25, 0.3) is 0 Å². The van der Waals surface area contributed by atoms with Crippen LogP contribution in [0.4, 0.5) is 20.6 Å². The second-order valence-electron chi connectivity index (χ2n) is 8.95. The lowest BCUT2D eigenvalue weighted by molar-refractivity contribution is 0.0116. The predicted molar refractivity (Wildman–Crippen MR) is 135 cm³/mol. The Hall–Kier alpha value is -3.17. The lowest BCUT2D eigenvalue weighted by atomic mass is 10.0. The van der Waals surface area contributed by atoms with Gasteiger partial charge in [0.2, 0.25) is 0 Å². The smallest absolute Gasteiger partial charge is 0.323 e. The van der Waals surface area contributed by atoms with Crippen molar-refractivity contribution in [1.82, 2.24) is 9.80 Å². The van der Waals surface area contributed by atoms with E-state index in [0.717, 1.165) is 13.1 Å². The van der Waals surface area contributed by atoms with Crippen molar-refractivity contribution in [3.05, 3.63) is 53.8 Å². The Kier molecular flexibility index (Phi) is 9.06. The Bertz CT molecular complexity index is 1030. The molecule has 1 aliphatic rings. The minimum atomic E-state index is -0.603. The number of amides is 3. The molecule has 3 amide bonds. The van der Waals surface area contributed by atoms with Crippen LogP contribution in [0.5, 0.6) is 5.75 Å². The molecule has 0 radical (unpaired) electrons. The number of hydrogen-bond acceptors (Lipinski definition) is 5. The molecule has 0 aromatic heterocycles. The molecule has 0 saturated heterocycles. The highest BCUT2D eigenvalue weighted by molar-refractivity contribution is 6.01. The van der Waals surface area contributed by atoms with Gasteiger partial charge in [-0.1, -0.05) is 26.0 Å². The van der Waals surface area contributed by atoms with Gasteiger partial charge in [-0.25, -0.2) is 9.18 Å². The van der Waals surface area contributed by atoms with Gasteiger partial charge in [-0.05, 0) is 43.7 Å². The molecule has 2 aromatic rings. The number of para-hydroxylation sites is 1. The molecule has 1 aliphatic heterocycles. The fourth-order valence-electron chi connectivity index (χ4n) is 4.21. The summed E-state index contributed by atoms with van der Waals surface area (Å²) < 4.78 is 25.7. The van der Waals surface area contributed by atoms with Gasteiger partial charge in [0.05, 0.1) is 17.4 Å². The monoisotopic (exact) mass is 486 g/mol. The molecule has 3 rings (SSSR count). The highest BCUT2D eigenvalue weighted by atomic mass is 19.1. The van der Waals surface area contributed by atoms with Crippen molar-refractivity contribution in [3.63, 3.8) is 0 Å². The highest BCUT2D eigenvalue weighted by Crippen LogP contribution is 2.27. The zero-order chi connectivity index (χ0) is 25.5. The van der Waals surface area contributed by atoms with Crippen LogP contribution in [-0.4, -0.2) is 74.3 Å². The highest BCUT2D eigenvalue weighted by Gasteiger charge is 2.28. The topological polar surface area (TPSA) is 83.1 Å². The minimum Gasteiger partial charge on any atom is -0.491 e. The van der Waals surface area contributed by atoms with Crippen LogP contribution in [0.15, 0.2) is 42.5 Å². The number of urea groups is 1. The first-order valence-corrected chi connectivity index (χ1v) is 11.8. The average molecular weight is 487 g/mol. The quantitative estimate of drug-likeness (QED) is 0.674. The number of halogens is 1. The van der Waals surface area contributed by atoms with E-state index in [0.29, 0.717) is 30.2 Å². The molecule has 35 heavy (non-hydrogen) atoms. The first-order chi connectivity index (χ1) is 16.7. The van der Waals surface area contributed by atoms with Crippen LogP contribution in [0.3, 0.4) is 0 Å². The second-order valence-corrected chi connectivity index (χ2v) is 8.95. The molecule has 1 heterocycles. The standard InChI is InChI=1S/C26H35FN4O4/c1-6-31-14-17(2)24(34-5)15-30(4)25(32)20-12-11-19(13-23(20)35-16-18(31)3)28-26(33)29-22-10-8-7-9-21(22)27/h7-13,17-18,24H,6,14-16H2,1-5H3,(H2,28,29,33)/t17-,18-,24-/m1/s1. The summed E-state index contributed by atoms with van der Waals surface area (Å²) in [7, 11) is 3.41. The van der Waals surface area contributed by atoms with Gasteiger partial charge in [-0.2, -0.15) is 0 Å². The third kappa shape index (κ3) is 6.70. The first kappa shape index (κ1) is 26.4. The normalized spacial score (nSPS) is 21.8. The summed E-state index contributed by atoms with van der Waals surface area (Å²) in [6, 6.07) is 10.3. The van der Waals surface area contributed by atoms with E-state index in [-0.39, 0.29) is 29.7 Å². The molecule has 2 N–H and O–H groups in total. The number of ether oxygens (including phenoxy) is 2. The van der Waals surface area contributed by atoms with E-state index in [1.807, 2.05) is 0 Å². The van der Waals surface area contributed by atoms with Gasteiger partial charge >= 0.3 is 6.03 Å². The summed E-state index contributed by atoms with van der Waals surface area (Å²) in [5.41, 5.74) is 0.883. The van der Waals surface area contributed by atoms with E-state index in [1.54, 1.807) is 49.4 Å². The first-order valence-electron chi connectivity index (χ1n) is 11.8. The van der Waals surface area contributed by atoms with Crippen molar-refractivity contribution in [3.8, 4) is 5.75 Å². The number of hydrogen-bond donors (Lipinski definition) is 2. The SMILES string of the molecule is CCN1C[C@@H](C)[C@H](OC)CN(C)C(=O)c2ccc(NC(=O)Nc3ccccc3F)cc2OC[C@H]1C. The van der Waals surface area contributed by atoms with Crippen LogP contribution in [0.2, 0.25) is 0 Å². The fraction of sp³-hybridized carbons (Fsp3) is 0.462. The van der Waals surface area contributed by atoms with Crippen LogP contribution in [0.1, 0.15) is 31.1 Å². The summed E-state index contributed by atoms with van der Waals surface area (Å²) in [4.78, 5) is 29.7. The Morgan fingerprint density at radius 3 is 2.60 bits per heavy atom. The van der Waals surface area contributed by atoms with E-state index in [9.17, 15) is 14.0 Å². The third-order valence-electron chi connectivity index (χ3n) is 6.36. The Morgan fingerprint density at radius 2 is 1.91 bits per heavy atom. The Labute approximate surface area is 206 Å². The number of rotatable bonds is 4. The molecule has 0 unspecified atom stereocenters. The van der Waals surface area contributed by atoms with Gasteiger partial charge < -0.3 is 25.0 Å². The predicted octanol–water partition coefficient (Wildman–Crippen LogP) is 4.30. The summed E-state index contributed by atoms with van der Waals surface area (Å²) in [6.45, 7) is 8.79. The van der Waals surface area contributed by atoms with Crippen LogP contribution in [-0.2, 0) is 4.74 Å². The molecule has 8 nitrogen and oxygen atoms in total. The van der Waals surface area contributed by atoms with Gasteiger partial charge in [0.1, 0.15) is 18.2 Å². The second kappa shape index (κ2) is 12.0. The molecule has 0 bridgehead atoms. The molecular weight excluding hydrogens is 451 g/mol. The Morgan fingerprint density at radius 1 is 1.17 bits per heavy atom. The van der Waals surface area contributed by atoms with Gasteiger partial charge in [0.15, 0.2) is 0 Å². The van der Waals surface area contributed by atoms with E-state index in [2.05, 4.69) is 36.3 Å². The number of methoxy groups -OCH3 is 1.